The lowest BCUT2D eigenvalue weighted by molar-refractivity contribution is 0.0513. The van der Waals surface area contributed by atoms with Crippen molar-refractivity contribution in [1.82, 2.24) is 10.2 Å². The highest BCUT2D eigenvalue weighted by Gasteiger charge is 2.35. The van der Waals surface area contributed by atoms with E-state index in [1.54, 1.807) is 0 Å². The maximum atomic E-state index is 3.78. The first-order valence-corrected chi connectivity index (χ1v) is 7.66. The molecule has 100 valence electrons. The summed E-state index contributed by atoms with van der Waals surface area (Å²) >= 11 is 0. The molecule has 17 heavy (non-hydrogen) atoms. The summed E-state index contributed by atoms with van der Waals surface area (Å²) in [6, 6.07) is 0.792. The van der Waals surface area contributed by atoms with E-state index < -0.39 is 0 Å². The minimum atomic E-state index is 0.355. The van der Waals surface area contributed by atoms with Crippen molar-refractivity contribution in [2.24, 2.45) is 5.92 Å². The van der Waals surface area contributed by atoms with Gasteiger partial charge in [0.25, 0.3) is 0 Å². The summed E-state index contributed by atoms with van der Waals surface area (Å²) in [5, 5.41) is 3.78. The molecule has 1 aliphatic heterocycles. The van der Waals surface area contributed by atoms with Crippen molar-refractivity contribution in [3.05, 3.63) is 0 Å². The number of nitrogens with zero attached hydrogens (tertiary/aromatic N) is 1. The minimum absolute atomic E-state index is 0.355. The van der Waals surface area contributed by atoms with Gasteiger partial charge in [0.1, 0.15) is 0 Å². The van der Waals surface area contributed by atoms with Crippen molar-refractivity contribution in [3.63, 3.8) is 0 Å². The summed E-state index contributed by atoms with van der Waals surface area (Å²) in [4.78, 5) is 2.80. The third kappa shape index (κ3) is 3.23. The summed E-state index contributed by atoms with van der Waals surface area (Å²) in [7, 11) is 0. The molecule has 1 aliphatic carbocycles. The fourth-order valence-electron chi connectivity index (χ4n) is 3.20. The monoisotopic (exact) mass is 238 g/mol. The average Bonchev–Trinajstić information content (AvgIpc) is 2.27. The summed E-state index contributed by atoms with van der Waals surface area (Å²) in [6.07, 6.45) is 8.35. The van der Waals surface area contributed by atoms with E-state index in [0.29, 0.717) is 5.54 Å². The number of hydrogen-bond acceptors (Lipinski definition) is 2. The fourth-order valence-corrected chi connectivity index (χ4v) is 3.20. The molecule has 0 radical (unpaired) electrons. The summed E-state index contributed by atoms with van der Waals surface area (Å²) in [5.74, 6) is 1.01. The maximum Gasteiger partial charge on any atom is 0.0278 e. The van der Waals surface area contributed by atoms with E-state index in [0.717, 1.165) is 12.0 Å². The standard InChI is InChI=1S/C15H30N2/c1-4-7-14-10-16-15(3,5-2)12-17(14)11-13-8-6-9-13/h13-14,16H,4-12H2,1-3H3. The van der Waals surface area contributed by atoms with Crippen LogP contribution in [0, 0.1) is 5.92 Å². The zero-order chi connectivity index (χ0) is 12.3. The lowest BCUT2D eigenvalue weighted by atomic mass is 9.83. The molecule has 1 saturated heterocycles. The first-order chi connectivity index (χ1) is 8.17. The van der Waals surface area contributed by atoms with Gasteiger partial charge in [-0.05, 0) is 38.5 Å². The molecule has 1 heterocycles. The second-order valence-electron chi connectivity index (χ2n) is 6.46. The smallest absolute Gasteiger partial charge is 0.0278 e. The van der Waals surface area contributed by atoms with Gasteiger partial charge in [0.05, 0.1) is 0 Å². The molecule has 0 amide bonds. The van der Waals surface area contributed by atoms with Crippen LogP contribution in [0.1, 0.15) is 59.3 Å². The van der Waals surface area contributed by atoms with Crippen molar-refractivity contribution in [2.75, 3.05) is 19.6 Å². The Bertz CT molecular complexity index is 237. The molecule has 2 aliphatic rings. The molecule has 0 aromatic rings. The zero-order valence-electron chi connectivity index (χ0n) is 12.0. The number of piperazine rings is 1. The van der Waals surface area contributed by atoms with E-state index >= 15 is 0 Å². The van der Waals surface area contributed by atoms with E-state index in [1.807, 2.05) is 0 Å². The Morgan fingerprint density at radius 1 is 1.29 bits per heavy atom. The SMILES string of the molecule is CCCC1CNC(C)(CC)CN1CC1CCC1. The van der Waals surface area contributed by atoms with Gasteiger partial charge in [0.15, 0.2) is 0 Å². The van der Waals surface area contributed by atoms with Gasteiger partial charge in [-0.3, -0.25) is 4.90 Å². The Kier molecular flexibility index (Phi) is 4.48. The van der Waals surface area contributed by atoms with Crippen LogP contribution in [0.15, 0.2) is 0 Å². The first kappa shape index (κ1) is 13.4. The fraction of sp³-hybridized carbons (Fsp3) is 1.00. The molecule has 0 bridgehead atoms. The van der Waals surface area contributed by atoms with Crippen LogP contribution in [0.25, 0.3) is 0 Å². The Morgan fingerprint density at radius 3 is 2.59 bits per heavy atom. The van der Waals surface area contributed by atoms with Gasteiger partial charge in [0, 0.05) is 31.2 Å². The Labute approximate surface area is 107 Å². The molecule has 2 atom stereocenters. The van der Waals surface area contributed by atoms with E-state index in [1.165, 1.54) is 58.2 Å². The molecule has 2 nitrogen and oxygen atoms in total. The van der Waals surface area contributed by atoms with E-state index in [-0.39, 0.29) is 0 Å². The first-order valence-electron chi connectivity index (χ1n) is 7.66. The molecule has 0 spiro atoms. The highest BCUT2D eigenvalue weighted by molar-refractivity contribution is 4.95. The highest BCUT2D eigenvalue weighted by atomic mass is 15.3. The molecular formula is C15H30N2. The molecule has 0 aromatic carbocycles. The van der Waals surface area contributed by atoms with Crippen molar-refractivity contribution in [1.29, 1.82) is 0 Å². The van der Waals surface area contributed by atoms with Crippen molar-refractivity contribution in [2.45, 2.75) is 70.9 Å². The van der Waals surface area contributed by atoms with Gasteiger partial charge in [-0.15, -0.1) is 0 Å². The van der Waals surface area contributed by atoms with Crippen LogP contribution < -0.4 is 5.32 Å². The molecule has 2 fully saturated rings. The lowest BCUT2D eigenvalue weighted by Gasteiger charge is -2.48. The predicted octanol–water partition coefficient (Wildman–Crippen LogP) is 3.03. The van der Waals surface area contributed by atoms with Crippen LogP contribution in [0.3, 0.4) is 0 Å². The molecular weight excluding hydrogens is 208 g/mol. The van der Waals surface area contributed by atoms with Crippen LogP contribution in [0.2, 0.25) is 0 Å². The zero-order valence-corrected chi connectivity index (χ0v) is 12.0. The van der Waals surface area contributed by atoms with Crippen LogP contribution in [-0.4, -0.2) is 36.1 Å². The second kappa shape index (κ2) is 5.71. The van der Waals surface area contributed by atoms with E-state index in [9.17, 15) is 0 Å². The quantitative estimate of drug-likeness (QED) is 0.792. The highest BCUT2D eigenvalue weighted by Crippen LogP contribution is 2.30. The predicted molar refractivity (Wildman–Crippen MR) is 74.3 cm³/mol. The van der Waals surface area contributed by atoms with Crippen molar-refractivity contribution in [3.8, 4) is 0 Å². The van der Waals surface area contributed by atoms with Crippen molar-refractivity contribution >= 4 is 0 Å². The molecule has 0 aromatic heterocycles. The molecule has 1 saturated carbocycles. The Balaban J connectivity index is 1.93. The van der Waals surface area contributed by atoms with Crippen LogP contribution >= 0.6 is 0 Å². The average molecular weight is 238 g/mol. The van der Waals surface area contributed by atoms with Crippen LogP contribution in [0.4, 0.5) is 0 Å². The summed E-state index contributed by atoms with van der Waals surface area (Å²) in [6.45, 7) is 10.8. The molecule has 2 unspecified atom stereocenters. The normalized spacial score (nSPS) is 35.8. The van der Waals surface area contributed by atoms with Gasteiger partial charge in [-0.25, -0.2) is 0 Å². The van der Waals surface area contributed by atoms with Gasteiger partial charge >= 0.3 is 0 Å². The largest absolute Gasteiger partial charge is 0.309 e. The lowest BCUT2D eigenvalue weighted by Crippen LogP contribution is -2.63. The molecule has 2 heteroatoms. The van der Waals surface area contributed by atoms with Gasteiger partial charge in [-0.2, -0.15) is 0 Å². The summed E-state index contributed by atoms with van der Waals surface area (Å²) < 4.78 is 0. The van der Waals surface area contributed by atoms with E-state index in [2.05, 4.69) is 31.0 Å². The van der Waals surface area contributed by atoms with Gasteiger partial charge < -0.3 is 5.32 Å². The third-order valence-electron chi connectivity index (χ3n) is 4.95. The van der Waals surface area contributed by atoms with Gasteiger partial charge in [0.2, 0.25) is 0 Å². The van der Waals surface area contributed by atoms with Crippen LogP contribution in [-0.2, 0) is 0 Å². The number of hydrogen-bond donors (Lipinski definition) is 1. The third-order valence-corrected chi connectivity index (χ3v) is 4.95. The Hall–Kier alpha value is -0.0800. The second-order valence-corrected chi connectivity index (χ2v) is 6.46. The van der Waals surface area contributed by atoms with Crippen molar-refractivity contribution < 1.29 is 0 Å². The maximum absolute atomic E-state index is 3.78. The van der Waals surface area contributed by atoms with Crippen LogP contribution in [0.5, 0.6) is 0 Å². The Morgan fingerprint density at radius 2 is 2.06 bits per heavy atom. The van der Waals surface area contributed by atoms with E-state index in [4.69, 9.17) is 0 Å². The summed E-state index contributed by atoms with van der Waals surface area (Å²) in [5.41, 5.74) is 0.355. The number of rotatable bonds is 5. The molecule has 1 N–H and O–H groups in total. The minimum Gasteiger partial charge on any atom is -0.309 e. The number of nitrogens with one attached hydrogen (secondary N) is 1. The molecule has 2 rings (SSSR count). The van der Waals surface area contributed by atoms with Gasteiger partial charge in [-0.1, -0.05) is 26.7 Å². The topological polar surface area (TPSA) is 15.3 Å².